The number of anilines is 1. The summed E-state index contributed by atoms with van der Waals surface area (Å²) in [5, 5.41) is 6.30. The number of rotatable bonds is 5. The van der Waals surface area contributed by atoms with Crippen molar-refractivity contribution in [1.29, 1.82) is 0 Å². The fourth-order valence-electron chi connectivity index (χ4n) is 3.60. The monoisotopic (exact) mass is 439 g/mol. The SMILES string of the molecule is O=C(Nc1ccccc1)C1CCCN(C(=O)Cc2csc(-c3ccccc3Cl)n2)C1. The Bertz CT molecular complexity index is 1040. The van der Waals surface area contributed by atoms with Gasteiger partial charge in [0.05, 0.1) is 23.1 Å². The molecule has 0 spiro atoms. The number of nitrogens with zero attached hydrogens (tertiary/aromatic N) is 2. The van der Waals surface area contributed by atoms with Gasteiger partial charge >= 0.3 is 0 Å². The van der Waals surface area contributed by atoms with E-state index in [0.717, 1.165) is 34.8 Å². The third kappa shape index (κ3) is 4.89. The topological polar surface area (TPSA) is 62.3 Å². The molecule has 1 aliphatic heterocycles. The number of piperidine rings is 1. The summed E-state index contributed by atoms with van der Waals surface area (Å²) in [5.74, 6) is -0.228. The second kappa shape index (κ2) is 9.41. The number of halogens is 1. The maximum absolute atomic E-state index is 12.8. The molecule has 1 unspecified atom stereocenters. The number of carbonyl (C=O) groups excluding carboxylic acids is 2. The van der Waals surface area contributed by atoms with Gasteiger partial charge in [-0.2, -0.15) is 0 Å². The van der Waals surface area contributed by atoms with Crippen LogP contribution in [0.25, 0.3) is 10.6 Å². The number of nitrogens with one attached hydrogen (secondary N) is 1. The van der Waals surface area contributed by atoms with Crippen molar-refractivity contribution >= 4 is 40.4 Å². The first kappa shape index (κ1) is 20.6. The molecule has 2 heterocycles. The van der Waals surface area contributed by atoms with Crippen molar-refractivity contribution in [1.82, 2.24) is 9.88 Å². The van der Waals surface area contributed by atoms with E-state index < -0.39 is 0 Å². The number of benzene rings is 2. The van der Waals surface area contributed by atoms with E-state index in [9.17, 15) is 9.59 Å². The van der Waals surface area contributed by atoms with E-state index in [4.69, 9.17) is 11.6 Å². The van der Waals surface area contributed by atoms with Gasteiger partial charge in [-0.15, -0.1) is 11.3 Å². The van der Waals surface area contributed by atoms with Crippen LogP contribution >= 0.6 is 22.9 Å². The zero-order valence-corrected chi connectivity index (χ0v) is 18.0. The average Bonchev–Trinajstić information content (AvgIpc) is 3.23. The predicted octanol–water partition coefficient (Wildman–Crippen LogP) is 4.88. The minimum Gasteiger partial charge on any atom is -0.342 e. The molecule has 0 bridgehead atoms. The van der Waals surface area contributed by atoms with Crippen LogP contribution in [0.4, 0.5) is 5.69 Å². The van der Waals surface area contributed by atoms with Crippen molar-refractivity contribution in [2.75, 3.05) is 18.4 Å². The largest absolute Gasteiger partial charge is 0.342 e. The highest BCUT2D eigenvalue weighted by molar-refractivity contribution is 7.13. The lowest BCUT2D eigenvalue weighted by Crippen LogP contribution is -2.44. The molecule has 0 saturated carbocycles. The van der Waals surface area contributed by atoms with Crippen LogP contribution < -0.4 is 5.32 Å². The number of amides is 2. The van der Waals surface area contributed by atoms with Crippen LogP contribution in [-0.2, 0) is 16.0 Å². The van der Waals surface area contributed by atoms with Crippen molar-refractivity contribution in [2.24, 2.45) is 5.92 Å². The molecule has 0 aliphatic carbocycles. The van der Waals surface area contributed by atoms with Crippen molar-refractivity contribution in [3.05, 3.63) is 70.7 Å². The van der Waals surface area contributed by atoms with Gasteiger partial charge in [0.2, 0.25) is 11.8 Å². The van der Waals surface area contributed by atoms with Gasteiger partial charge in [-0.3, -0.25) is 9.59 Å². The molecule has 2 aromatic carbocycles. The summed E-state index contributed by atoms with van der Waals surface area (Å²) in [5.41, 5.74) is 2.38. The second-order valence-electron chi connectivity index (χ2n) is 7.33. The lowest BCUT2D eigenvalue weighted by molar-refractivity contribution is -0.134. The van der Waals surface area contributed by atoms with Crippen LogP contribution in [0.15, 0.2) is 60.0 Å². The first-order chi connectivity index (χ1) is 14.6. The van der Waals surface area contributed by atoms with Crippen molar-refractivity contribution in [3.8, 4) is 10.6 Å². The van der Waals surface area contributed by atoms with E-state index in [2.05, 4.69) is 10.3 Å². The van der Waals surface area contributed by atoms with Crippen LogP contribution in [-0.4, -0.2) is 34.8 Å². The highest BCUT2D eigenvalue weighted by Gasteiger charge is 2.28. The Kier molecular flexibility index (Phi) is 6.45. The quantitative estimate of drug-likeness (QED) is 0.616. The summed E-state index contributed by atoms with van der Waals surface area (Å²) in [6, 6.07) is 17.0. The molecule has 1 aliphatic rings. The minimum atomic E-state index is -0.197. The summed E-state index contributed by atoms with van der Waals surface area (Å²) in [4.78, 5) is 31.8. The number of likely N-dealkylation sites (tertiary alicyclic amines) is 1. The van der Waals surface area contributed by atoms with Gasteiger partial charge in [0, 0.05) is 29.7 Å². The fraction of sp³-hybridized carbons (Fsp3) is 0.261. The molecule has 1 saturated heterocycles. The van der Waals surface area contributed by atoms with E-state index in [-0.39, 0.29) is 24.2 Å². The van der Waals surface area contributed by atoms with Crippen molar-refractivity contribution in [3.63, 3.8) is 0 Å². The number of thiazole rings is 1. The molecule has 3 aromatic rings. The molecule has 1 aromatic heterocycles. The number of hydrogen-bond acceptors (Lipinski definition) is 4. The van der Waals surface area contributed by atoms with Gasteiger partial charge in [0.1, 0.15) is 5.01 Å². The maximum atomic E-state index is 12.8. The van der Waals surface area contributed by atoms with Crippen LogP contribution in [0.1, 0.15) is 18.5 Å². The molecule has 0 radical (unpaired) electrons. The molecule has 30 heavy (non-hydrogen) atoms. The lowest BCUT2D eigenvalue weighted by Gasteiger charge is -2.32. The van der Waals surface area contributed by atoms with Gasteiger partial charge < -0.3 is 10.2 Å². The number of hydrogen-bond donors (Lipinski definition) is 1. The molecular formula is C23H22ClN3O2S. The molecule has 1 atom stereocenters. The summed E-state index contributed by atoms with van der Waals surface area (Å²) in [7, 11) is 0. The summed E-state index contributed by atoms with van der Waals surface area (Å²) >= 11 is 7.73. The first-order valence-corrected chi connectivity index (χ1v) is 11.2. The fourth-order valence-corrected chi connectivity index (χ4v) is 4.74. The smallest absolute Gasteiger partial charge is 0.229 e. The predicted molar refractivity (Wildman–Crippen MR) is 121 cm³/mol. The molecule has 7 heteroatoms. The third-order valence-corrected chi connectivity index (χ3v) is 6.43. The summed E-state index contributed by atoms with van der Waals surface area (Å²) < 4.78 is 0. The third-order valence-electron chi connectivity index (χ3n) is 5.17. The number of para-hydroxylation sites is 1. The van der Waals surface area contributed by atoms with Crippen LogP contribution in [0.2, 0.25) is 5.02 Å². The van der Waals surface area contributed by atoms with Crippen LogP contribution in [0.3, 0.4) is 0 Å². The van der Waals surface area contributed by atoms with Crippen molar-refractivity contribution in [2.45, 2.75) is 19.3 Å². The maximum Gasteiger partial charge on any atom is 0.229 e. The van der Waals surface area contributed by atoms with Crippen LogP contribution in [0, 0.1) is 5.92 Å². The number of carbonyl (C=O) groups is 2. The van der Waals surface area contributed by atoms with E-state index >= 15 is 0 Å². The molecule has 4 rings (SSSR count). The van der Waals surface area contributed by atoms with Gasteiger partial charge in [-0.1, -0.05) is 48.0 Å². The molecule has 154 valence electrons. The zero-order chi connectivity index (χ0) is 20.9. The summed E-state index contributed by atoms with van der Waals surface area (Å²) in [6.45, 7) is 1.12. The Morgan fingerprint density at radius 3 is 2.70 bits per heavy atom. The van der Waals surface area contributed by atoms with E-state index in [1.54, 1.807) is 4.90 Å². The normalized spacial score (nSPS) is 16.3. The molecule has 1 N–H and O–H groups in total. The molecule has 2 amide bonds. The average molecular weight is 440 g/mol. The Morgan fingerprint density at radius 1 is 1.13 bits per heavy atom. The van der Waals surface area contributed by atoms with Crippen LogP contribution in [0.5, 0.6) is 0 Å². The highest BCUT2D eigenvalue weighted by Crippen LogP contribution is 2.30. The minimum absolute atomic E-state index is 0.00298. The first-order valence-electron chi connectivity index (χ1n) is 9.93. The standard InChI is InChI=1S/C23H22ClN3O2S/c24-20-11-5-4-10-19(20)23-26-18(15-30-23)13-21(28)27-12-6-7-16(14-27)22(29)25-17-8-2-1-3-9-17/h1-5,8-11,15-16H,6-7,12-14H2,(H,25,29). The zero-order valence-electron chi connectivity index (χ0n) is 16.4. The van der Waals surface area contributed by atoms with Gasteiger partial charge in [0.15, 0.2) is 0 Å². The van der Waals surface area contributed by atoms with Gasteiger partial charge in [-0.05, 0) is 31.0 Å². The van der Waals surface area contributed by atoms with E-state index in [0.29, 0.717) is 18.1 Å². The van der Waals surface area contributed by atoms with Gasteiger partial charge in [0.25, 0.3) is 0 Å². The van der Waals surface area contributed by atoms with E-state index in [1.807, 2.05) is 60.0 Å². The molecular weight excluding hydrogens is 418 g/mol. The highest BCUT2D eigenvalue weighted by atomic mass is 35.5. The Balaban J connectivity index is 1.37. The van der Waals surface area contributed by atoms with Crippen molar-refractivity contribution < 1.29 is 9.59 Å². The van der Waals surface area contributed by atoms with Gasteiger partial charge in [-0.25, -0.2) is 4.98 Å². The second-order valence-corrected chi connectivity index (χ2v) is 8.60. The molecule has 1 fully saturated rings. The van der Waals surface area contributed by atoms with E-state index in [1.165, 1.54) is 11.3 Å². The Morgan fingerprint density at radius 2 is 1.90 bits per heavy atom. The Labute approximate surface area is 184 Å². The Hall–Kier alpha value is -2.70. The summed E-state index contributed by atoms with van der Waals surface area (Å²) in [6.07, 6.45) is 1.84. The molecule has 5 nitrogen and oxygen atoms in total. The lowest BCUT2D eigenvalue weighted by atomic mass is 9.96. The number of aromatic nitrogens is 1.